The molecule has 1 atom stereocenters. The van der Waals surface area contributed by atoms with Crippen LogP contribution in [0.25, 0.3) is 0 Å². The summed E-state index contributed by atoms with van der Waals surface area (Å²) in [4.78, 5) is 11.8. The summed E-state index contributed by atoms with van der Waals surface area (Å²) in [5.41, 5.74) is 6.93. The molecule has 0 heterocycles. The first-order chi connectivity index (χ1) is 8.20. The molecule has 0 fully saturated rings. The topological polar surface area (TPSA) is 55.1 Å². The highest BCUT2D eigenvalue weighted by atomic mass is 19.1. The van der Waals surface area contributed by atoms with Crippen molar-refractivity contribution in [2.75, 3.05) is 5.32 Å². The number of carbonyl (C=O) groups excluding carboxylic acids is 1. The predicted octanol–water partition coefficient (Wildman–Crippen LogP) is 2.84. The van der Waals surface area contributed by atoms with Crippen LogP contribution in [0.5, 0.6) is 0 Å². The van der Waals surface area contributed by atoms with Gasteiger partial charge in [-0.2, -0.15) is 0 Å². The van der Waals surface area contributed by atoms with Crippen LogP contribution in [0.4, 0.5) is 10.1 Å². The highest BCUT2D eigenvalue weighted by molar-refractivity contribution is 5.91. The van der Waals surface area contributed by atoms with E-state index < -0.39 is 0 Å². The number of hydrogen-bond donors (Lipinski definition) is 2. The summed E-state index contributed by atoms with van der Waals surface area (Å²) in [7, 11) is 0. The van der Waals surface area contributed by atoms with E-state index in [1.807, 2.05) is 20.8 Å². The lowest BCUT2D eigenvalue weighted by Gasteiger charge is -2.26. The van der Waals surface area contributed by atoms with Crippen LogP contribution in [-0.2, 0) is 4.79 Å². The van der Waals surface area contributed by atoms with E-state index in [0.717, 1.165) is 0 Å². The predicted molar refractivity (Wildman–Crippen MR) is 71.8 cm³/mol. The minimum atomic E-state index is -0.278. The Labute approximate surface area is 108 Å². The van der Waals surface area contributed by atoms with Gasteiger partial charge < -0.3 is 11.1 Å². The Morgan fingerprint density at radius 1 is 1.44 bits per heavy atom. The summed E-state index contributed by atoms with van der Waals surface area (Å²) >= 11 is 0. The molecule has 100 valence electrons. The standard InChI is InChI=1S/C14H21FN2O/c1-9-7-10(5-6-11(9)15)17-13(18)8-12(16)14(2,3)4/h5-7,12H,8,16H2,1-4H3,(H,17,18). The number of carbonyl (C=O) groups is 1. The zero-order valence-corrected chi connectivity index (χ0v) is 11.4. The molecule has 0 aliphatic heterocycles. The second kappa shape index (κ2) is 5.48. The third-order valence-electron chi connectivity index (χ3n) is 2.96. The number of benzene rings is 1. The number of nitrogens with one attached hydrogen (secondary N) is 1. The monoisotopic (exact) mass is 252 g/mol. The molecule has 1 aromatic rings. The summed E-state index contributed by atoms with van der Waals surface area (Å²) < 4.78 is 13.1. The molecule has 0 aromatic heterocycles. The second-order valence-electron chi connectivity index (χ2n) is 5.69. The summed E-state index contributed by atoms with van der Waals surface area (Å²) in [6, 6.07) is 4.28. The Morgan fingerprint density at radius 2 is 2.06 bits per heavy atom. The van der Waals surface area contributed by atoms with E-state index in [2.05, 4.69) is 5.32 Å². The van der Waals surface area contributed by atoms with Gasteiger partial charge in [-0.3, -0.25) is 4.79 Å². The van der Waals surface area contributed by atoms with E-state index in [9.17, 15) is 9.18 Å². The van der Waals surface area contributed by atoms with Crippen molar-refractivity contribution in [1.29, 1.82) is 0 Å². The lowest BCUT2D eigenvalue weighted by atomic mass is 9.85. The second-order valence-corrected chi connectivity index (χ2v) is 5.69. The lowest BCUT2D eigenvalue weighted by molar-refractivity contribution is -0.117. The fourth-order valence-electron chi connectivity index (χ4n) is 1.44. The number of hydrogen-bond acceptors (Lipinski definition) is 2. The van der Waals surface area contributed by atoms with Gasteiger partial charge in [-0.1, -0.05) is 20.8 Å². The first-order valence-corrected chi connectivity index (χ1v) is 6.01. The molecule has 1 aromatic carbocycles. The summed E-state index contributed by atoms with van der Waals surface area (Å²) in [6.45, 7) is 7.64. The van der Waals surface area contributed by atoms with E-state index >= 15 is 0 Å². The smallest absolute Gasteiger partial charge is 0.225 e. The largest absolute Gasteiger partial charge is 0.327 e. The summed E-state index contributed by atoms with van der Waals surface area (Å²) in [6.07, 6.45) is 0.250. The SMILES string of the molecule is Cc1cc(NC(=O)CC(N)C(C)(C)C)ccc1F. The maximum atomic E-state index is 13.1. The minimum Gasteiger partial charge on any atom is -0.327 e. The Morgan fingerprint density at radius 3 is 2.56 bits per heavy atom. The third kappa shape index (κ3) is 4.11. The molecule has 0 aliphatic rings. The van der Waals surface area contributed by atoms with Gasteiger partial charge >= 0.3 is 0 Å². The maximum Gasteiger partial charge on any atom is 0.225 e. The lowest BCUT2D eigenvalue weighted by Crippen LogP contribution is -2.38. The van der Waals surface area contributed by atoms with E-state index in [0.29, 0.717) is 11.3 Å². The van der Waals surface area contributed by atoms with Crippen LogP contribution < -0.4 is 11.1 Å². The van der Waals surface area contributed by atoms with Crippen molar-refractivity contribution in [2.24, 2.45) is 11.1 Å². The van der Waals surface area contributed by atoms with E-state index in [4.69, 9.17) is 5.73 Å². The fraction of sp³-hybridized carbons (Fsp3) is 0.500. The molecule has 0 saturated carbocycles. The highest BCUT2D eigenvalue weighted by Crippen LogP contribution is 2.20. The van der Waals surface area contributed by atoms with Crippen LogP contribution in [-0.4, -0.2) is 11.9 Å². The minimum absolute atomic E-state index is 0.115. The van der Waals surface area contributed by atoms with E-state index in [1.165, 1.54) is 6.07 Å². The summed E-state index contributed by atoms with van der Waals surface area (Å²) in [5.74, 6) is -0.428. The average molecular weight is 252 g/mol. The Kier molecular flexibility index (Phi) is 4.46. The van der Waals surface area contributed by atoms with Gasteiger partial charge in [0, 0.05) is 18.2 Å². The first-order valence-electron chi connectivity index (χ1n) is 6.01. The number of anilines is 1. The van der Waals surface area contributed by atoms with Gasteiger partial charge in [0.1, 0.15) is 5.82 Å². The maximum absolute atomic E-state index is 13.1. The molecule has 0 saturated heterocycles. The van der Waals surface area contributed by atoms with Crippen LogP contribution in [0.2, 0.25) is 0 Å². The van der Waals surface area contributed by atoms with Crippen molar-refractivity contribution in [3.05, 3.63) is 29.6 Å². The molecule has 4 heteroatoms. The van der Waals surface area contributed by atoms with Crippen LogP contribution >= 0.6 is 0 Å². The van der Waals surface area contributed by atoms with Crippen molar-refractivity contribution in [1.82, 2.24) is 0 Å². The van der Waals surface area contributed by atoms with Crippen molar-refractivity contribution in [3.63, 3.8) is 0 Å². The van der Waals surface area contributed by atoms with Crippen molar-refractivity contribution >= 4 is 11.6 Å². The van der Waals surface area contributed by atoms with Crippen molar-refractivity contribution < 1.29 is 9.18 Å². The van der Waals surface area contributed by atoms with Crippen molar-refractivity contribution in [3.8, 4) is 0 Å². The first kappa shape index (κ1) is 14.6. The number of amides is 1. The molecule has 3 N–H and O–H groups in total. The van der Waals surface area contributed by atoms with E-state index in [-0.39, 0.29) is 29.6 Å². The Bertz CT molecular complexity index is 438. The number of rotatable bonds is 3. The van der Waals surface area contributed by atoms with Gasteiger partial charge in [0.2, 0.25) is 5.91 Å². The number of nitrogens with two attached hydrogens (primary N) is 1. The number of halogens is 1. The molecule has 3 nitrogen and oxygen atoms in total. The van der Waals surface area contributed by atoms with Gasteiger partial charge in [-0.05, 0) is 36.1 Å². The zero-order valence-electron chi connectivity index (χ0n) is 11.4. The number of aryl methyl sites for hydroxylation is 1. The van der Waals surface area contributed by atoms with Gasteiger partial charge in [-0.15, -0.1) is 0 Å². The van der Waals surface area contributed by atoms with Crippen LogP contribution in [0.1, 0.15) is 32.8 Å². The molecule has 0 aliphatic carbocycles. The quantitative estimate of drug-likeness (QED) is 0.869. The average Bonchev–Trinajstić information content (AvgIpc) is 2.22. The van der Waals surface area contributed by atoms with Crippen molar-refractivity contribution in [2.45, 2.75) is 40.2 Å². The highest BCUT2D eigenvalue weighted by Gasteiger charge is 2.23. The molecule has 1 unspecified atom stereocenters. The molecule has 0 bridgehead atoms. The molecule has 18 heavy (non-hydrogen) atoms. The van der Waals surface area contributed by atoms with Gasteiger partial charge in [0.05, 0.1) is 0 Å². The molecular weight excluding hydrogens is 231 g/mol. The van der Waals surface area contributed by atoms with Gasteiger partial charge in [-0.25, -0.2) is 4.39 Å². The molecule has 1 rings (SSSR count). The Balaban J connectivity index is 2.62. The van der Waals surface area contributed by atoms with Crippen LogP contribution in [0, 0.1) is 18.2 Å². The van der Waals surface area contributed by atoms with E-state index in [1.54, 1.807) is 19.1 Å². The Hall–Kier alpha value is -1.42. The van der Waals surface area contributed by atoms with Gasteiger partial charge in [0.25, 0.3) is 0 Å². The summed E-state index contributed by atoms with van der Waals surface area (Å²) in [5, 5.41) is 2.73. The third-order valence-corrected chi connectivity index (χ3v) is 2.96. The normalized spacial score (nSPS) is 13.2. The molecular formula is C14H21FN2O. The zero-order chi connectivity index (χ0) is 13.9. The molecule has 0 spiro atoms. The van der Waals surface area contributed by atoms with Gasteiger partial charge in [0.15, 0.2) is 0 Å². The molecule has 0 radical (unpaired) electrons. The van der Waals surface area contributed by atoms with Crippen LogP contribution in [0.15, 0.2) is 18.2 Å². The molecule has 1 amide bonds. The fourth-order valence-corrected chi connectivity index (χ4v) is 1.44. The van der Waals surface area contributed by atoms with Crippen LogP contribution in [0.3, 0.4) is 0 Å².